The number of hydrogen-bond acceptors (Lipinski definition) is 6. The smallest absolute Gasteiger partial charge is 0.441 e. The number of hydroxylamine groups is 1. The Kier molecular flexibility index (Phi) is 7.47. The van der Waals surface area contributed by atoms with Crippen LogP contribution in [-0.2, 0) is 25.7 Å². The normalized spacial score (nSPS) is 19.2. The van der Waals surface area contributed by atoms with Gasteiger partial charge in [-0.1, -0.05) is 37.3 Å². The van der Waals surface area contributed by atoms with Gasteiger partial charge in [-0.2, -0.15) is 0 Å². The fourth-order valence-electron chi connectivity index (χ4n) is 3.19. The Bertz CT molecular complexity index is 716. The molecule has 1 aliphatic heterocycles. The van der Waals surface area contributed by atoms with Gasteiger partial charge >= 0.3 is 18.2 Å². The van der Waals surface area contributed by atoms with Gasteiger partial charge in [0.25, 0.3) is 0 Å². The minimum Gasteiger partial charge on any atom is -0.445 e. The van der Waals surface area contributed by atoms with Gasteiger partial charge in [0.1, 0.15) is 12.2 Å². The number of carbonyl (C=O) groups is 3. The first-order chi connectivity index (χ1) is 13.6. The highest BCUT2D eigenvalue weighted by atomic mass is 16.7. The molecule has 0 spiro atoms. The van der Waals surface area contributed by atoms with Gasteiger partial charge in [0, 0.05) is 13.1 Å². The number of likely N-dealkylation sites (tertiary alicyclic amines) is 1. The van der Waals surface area contributed by atoms with E-state index in [1.165, 1.54) is 4.90 Å². The van der Waals surface area contributed by atoms with Crippen LogP contribution >= 0.6 is 0 Å². The number of benzene rings is 1. The van der Waals surface area contributed by atoms with E-state index in [9.17, 15) is 14.4 Å². The van der Waals surface area contributed by atoms with Gasteiger partial charge < -0.3 is 19.2 Å². The Balaban J connectivity index is 1.92. The number of piperidine rings is 1. The largest absolute Gasteiger partial charge is 0.445 e. The molecule has 1 aliphatic rings. The van der Waals surface area contributed by atoms with Crippen LogP contribution < -0.4 is 5.48 Å². The fraction of sp³-hybridized carbons (Fsp3) is 0.571. The molecule has 1 unspecified atom stereocenters. The standard InChI is InChI=1S/C21H30N2O6/c1-5-21(17(24)29-22-18(25)28-20(2,3)4)12-9-13-23(15-21)19(26)27-14-16-10-7-6-8-11-16/h6-8,10-11H,5,9,12-15H2,1-4H3,(H,22,25). The third kappa shape index (κ3) is 6.66. The molecule has 29 heavy (non-hydrogen) atoms. The van der Waals surface area contributed by atoms with E-state index < -0.39 is 29.2 Å². The third-order valence-electron chi connectivity index (χ3n) is 4.78. The molecular formula is C21H30N2O6. The summed E-state index contributed by atoms with van der Waals surface area (Å²) in [5.41, 5.74) is 1.32. The summed E-state index contributed by atoms with van der Waals surface area (Å²) in [6, 6.07) is 9.39. The summed E-state index contributed by atoms with van der Waals surface area (Å²) in [7, 11) is 0. The molecule has 0 saturated carbocycles. The molecular weight excluding hydrogens is 376 g/mol. The Morgan fingerprint density at radius 2 is 1.86 bits per heavy atom. The maximum Gasteiger partial charge on any atom is 0.441 e. The average Bonchev–Trinajstić information content (AvgIpc) is 2.69. The Morgan fingerprint density at radius 1 is 1.17 bits per heavy atom. The molecule has 1 N–H and O–H groups in total. The summed E-state index contributed by atoms with van der Waals surface area (Å²) >= 11 is 0. The zero-order valence-electron chi connectivity index (χ0n) is 17.5. The van der Waals surface area contributed by atoms with E-state index in [0.717, 1.165) is 5.56 Å². The predicted molar refractivity (Wildman–Crippen MR) is 106 cm³/mol. The highest BCUT2D eigenvalue weighted by molar-refractivity contribution is 5.80. The average molecular weight is 406 g/mol. The molecule has 1 heterocycles. The highest BCUT2D eigenvalue weighted by Crippen LogP contribution is 2.35. The SMILES string of the molecule is CCC1(C(=O)ONC(=O)OC(C)(C)C)CCCN(C(=O)OCc2ccccc2)C1. The lowest BCUT2D eigenvalue weighted by Crippen LogP contribution is -2.51. The van der Waals surface area contributed by atoms with Crippen molar-refractivity contribution in [3.8, 4) is 0 Å². The molecule has 1 fully saturated rings. The summed E-state index contributed by atoms with van der Waals surface area (Å²) in [6.45, 7) is 7.83. The van der Waals surface area contributed by atoms with Crippen molar-refractivity contribution in [2.45, 2.75) is 59.2 Å². The van der Waals surface area contributed by atoms with Crippen molar-refractivity contribution in [3.05, 3.63) is 35.9 Å². The topological polar surface area (TPSA) is 94.2 Å². The number of nitrogens with one attached hydrogen (secondary N) is 1. The summed E-state index contributed by atoms with van der Waals surface area (Å²) < 4.78 is 10.4. The molecule has 0 aromatic heterocycles. The van der Waals surface area contributed by atoms with Crippen LogP contribution in [0.15, 0.2) is 30.3 Å². The van der Waals surface area contributed by atoms with Crippen LogP contribution in [0.3, 0.4) is 0 Å². The Labute approximate surface area is 171 Å². The first kappa shape index (κ1) is 22.5. The zero-order valence-corrected chi connectivity index (χ0v) is 17.5. The van der Waals surface area contributed by atoms with Crippen LogP contribution in [0.1, 0.15) is 52.5 Å². The van der Waals surface area contributed by atoms with Crippen molar-refractivity contribution >= 4 is 18.2 Å². The van der Waals surface area contributed by atoms with E-state index in [1.807, 2.05) is 42.7 Å². The lowest BCUT2D eigenvalue weighted by Gasteiger charge is -2.39. The van der Waals surface area contributed by atoms with E-state index in [-0.39, 0.29) is 13.2 Å². The van der Waals surface area contributed by atoms with E-state index in [1.54, 1.807) is 20.8 Å². The number of nitrogens with zero attached hydrogens (tertiary/aromatic N) is 1. The van der Waals surface area contributed by atoms with Gasteiger partial charge in [0.15, 0.2) is 0 Å². The summed E-state index contributed by atoms with van der Waals surface area (Å²) in [6.07, 6.45) is 0.340. The maximum atomic E-state index is 12.7. The number of carbonyl (C=O) groups excluding carboxylic acids is 3. The lowest BCUT2D eigenvalue weighted by atomic mass is 9.78. The summed E-state index contributed by atoms with van der Waals surface area (Å²) in [5, 5.41) is 0. The maximum absolute atomic E-state index is 12.7. The minimum absolute atomic E-state index is 0.167. The van der Waals surface area contributed by atoms with Gasteiger partial charge in [0.05, 0.1) is 5.41 Å². The predicted octanol–water partition coefficient (Wildman–Crippen LogP) is 3.80. The quantitative estimate of drug-likeness (QED) is 0.604. The van der Waals surface area contributed by atoms with Gasteiger partial charge in [-0.15, -0.1) is 5.48 Å². The van der Waals surface area contributed by atoms with Crippen LogP contribution in [-0.4, -0.2) is 41.7 Å². The van der Waals surface area contributed by atoms with Crippen LogP contribution in [0.2, 0.25) is 0 Å². The first-order valence-electron chi connectivity index (χ1n) is 9.81. The molecule has 1 aromatic carbocycles. The zero-order chi connectivity index (χ0) is 21.5. The van der Waals surface area contributed by atoms with Crippen molar-refractivity contribution < 1.29 is 28.7 Å². The molecule has 1 atom stereocenters. The molecule has 2 amide bonds. The van der Waals surface area contributed by atoms with E-state index in [4.69, 9.17) is 14.3 Å². The van der Waals surface area contributed by atoms with Crippen LogP contribution in [0, 0.1) is 5.41 Å². The van der Waals surface area contributed by atoms with Gasteiger partial charge in [-0.05, 0) is 45.6 Å². The number of hydrogen-bond donors (Lipinski definition) is 1. The van der Waals surface area contributed by atoms with Crippen molar-refractivity contribution in [2.24, 2.45) is 5.41 Å². The van der Waals surface area contributed by atoms with Crippen LogP contribution in [0.4, 0.5) is 9.59 Å². The highest BCUT2D eigenvalue weighted by Gasteiger charge is 2.44. The van der Waals surface area contributed by atoms with Crippen LogP contribution in [0.25, 0.3) is 0 Å². The molecule has 8 nitrogen and oxygen atoms in total. The number of rotatable bonds is 4. The minimum atomic E-state index is -0.904. The van der Waals surface area contributed by atoms with Gasteiger partial charge in [-0.3, -0.25) is 0 Å². The molecule has 2 rings (SSSR count). The first-order valence-corrected chi connectivity index (χ1v) is 9.81. The van der Waals surface area contributed by atoms with E-state index in [2.05, 4.69) is 0 Å². The van der Waals surface area contributed by atoms with Gasteiger partial charge in [0.2, 0.25) is 0 Å². The second-order valence-corrected chi connectivity index (χ2v) is 8.19. The molecule has 1 saturated heterocycles. The second kappa shape index (κ2) is 9.62. The van der Waals surface area contributed by atoms with Crippen molar-refractivity contribution in [2.75, 3.05) is 13.1 Å². The Hall–Kier alpha value is -2.77. The monoisotopic (exact) mass is 406 g/mol. The molecule has 0 radical (unpaired) electrons. The van der Waals surface area contributed by atoms with Crippen molar-refractivity contribution in [1.82, 2.24) is 10.4 Å². The number of amides is 2. The second-order valence-electron chi connectivity index (χ2n) is 8.19. The van der Waals surface area contributed by atoms with Crippen molar-refractivity contribution in [1.29, 1.82) is 0 Å². The lowest BCUT2D eigenvalue weighted by molar-refractivity contribution is -0.166. The van der Waals surface area contributed by atoms with E-state index in [0.29, 0.717) is 25.8 Å². The van der Waals surface area contributed by atoms with E-state index >= 15 is 0 Å². The summed E-state index contributed by atoms with van der Waals surface area (Å²) in [5.74, 6) is -0.591. The van der Waals surface area contributed by atoms with Crippen LogP contribution in [0.5, 0.6) is 0 Å². The van der Waals surface area contributed by atoms with Gasteiger partial charge in [-0.25, -0.2) is 14.4 Å². The molecule has 0 bridgehead atoms. The third-order valence-corrected chi connectivity index (χ3v) is 4.78. The van der Waals surface area contributed by atoms with Crippen molar-refractivity contribution in [3.63, 3.8) is 0 Å². The summed E-state index contributed by atoms with van der Waals surface area (Å²) in [4.78, 5) is 43.4. The molecule has 0 aliphatic carbocycles. The fourth-order valence-corrected chi connectivity index (χ4v) is 3.19. The molecule has 8 heteroatoms. The Morgan fingerprint density at radius 3 is 2.48 bits per heavy atom. The molecule has 1 aromatic rings. The molecule has 160 valence electrons. The number of ether oxygens (including phenoxy) is 2.